The molecule has 16 heteroatoms. The Morgan fingerprint density at radius 1 is 0.383 bits per heavy atom. The van der Waals surface area contributed by atoms with Gasteiger partial charge in [0.2, 0.25) is 23.6 Å². The Morgan fingerprint density at radius 3 is 0.967 bits per heavy atom. The molecular formula is C44H46N4O12. The molecule has 16 nitrogen and oxygen atoms in total. The number of carbonyl (C=O) groups excluding carboxylic acids is 4. The van der Waals surface area contributed by atoms with Gasteiger partial charge in [-0.25, -0.2) is 0 Å². The van der Waals surface area contributed by atoms with Crippen molar-refractivity contribution in [1.82, 2.24) is 0 Å². The predicted molar refractivity (Wildman–Crippen MR) is 223 cm³/mol. The van der Waals surface area contributed by atoms with E-state index in [4.69, 9.17) is 37.9 Å². The van der Waals surface area contributed by atoms with Crippen molar-refractivity contribution >= 4 is 46.4 Å². The highest BCUT2D eigenvalue weighted by molar-refractivity contribution is 5.95. The van der Waals surface area contributed by atoms with E-state index < -0.39 is 0 Å². The van der Waals surface area contributed by atoms with Crippen LogP contribution in [0.3, 0.4) is 0 Å². The van der Waals surface area contributed by atoms with Gasteiger partial charge >= 0.3 is 0 Å². The molecule has 0 bridgehead atoms. The average Bonchev–Trinajstić information content (AvgIpc) is 3.24. The summed E-state index contributed by atoms with van der Waals surface area (Å²) in [5, 5.41) is 11.0. The van der Waals surface area contributed by atoms with Gasteiger partial charge in [-0.15, -0.1) is 0 Å². The van der Waals surface area contributed by atoms with Crippen LogP contribution in [0.15, 0.2) is 121 Å². The van der Waals surface area contributed by atoms with Crippen molar-refractivity contribution in [3.8, 4) is 34.5 Å². The van der Waals surface area contributed by atoms with Crippen molar-refractivity contribution in [1.29, 1.82) is 0 Å². The molecule has 0 saturated heterocycles. The van der Waals surface area contributed by atoms with Gasteiger partial charge in [-0.1, -0.05) is 48.5 Å². The van der Waals surface area contributed by atoms with Crippen LogP contribution in [-0.2, 0) is 38.1 Å². The van der Waals surface area contributed by atoms with Gasteiger partial charge in [0.25, 0.3) is 0 Å². The highest BCUT2D eigenvalue weighted by atomic mass is 16.5. The number of ether oxygens (including phenoxy) is 8. The molecule has 314 valence electrons. The summed E-state index contributed by atoms with van der Waals surface area (Å²) < 4.78 is 44.3. The van der Waals surface area contributed by atoms with E-state index in [1.165, 1.54) is 14.2 Å². The molecular weight excluding hydrogens is 776 g/mol. The Kier molecular flexibility index (Phi) is 17.7. The number of benzene rings is 5. The molecule has 5 rings (SSSR count). The summed E-state index contributed by atoms with van der Waals surface area (Å²) in [7, 11) is 2.86. The molecule has 0 unspecified atom stereocenters. The lowest BCUT2D eigenvalue weighted by atomic mass is 10.2. The predicted octanol–water partition coefficient (Wildman–Crippen LogP) is 6.51. The second-order valence-corrected chi connectivity index (χ2v) is 12.5. The summed E-state index contributed by atoms with van der Waals surface area (Å²) in [5.74, 6) is 1.25. The number of nitrogens with one attached hydrogen (secondary N) is 4. The van der Waals surface area contributed by atoms with Crippen LogP contribution in [0, 0.1) is 0 Å². The molecule has 4 amide bonds. The summed E-state index contributed by atoms with van der Waals surface area (Å²) >= 11 is 0. The van der Waals surface area contributed by atoms with Crippen molar-refractivity contribution < 1.29 is 57.1 Å². The summed E-state index contributed by atoms with van der Waals surface area (Å²) in [6.45, 7) is 0.0734. The van der Waals surface area contributed by atoms with E-state index in [1.54, 1.807) is 121 Å². The van der Waals surface area contributed by atoms with Gasteiger partial charge < -0.3 is 59.2 Å². The standard InChI is InChI=1S/C44H46N4O12/c1-53-27-41(49)45-33-11-3-7-15-37(33)59-39-17-9-5-13-35(39)47-43(51)29-55-23-25-57-31-19-21-32(22-20-31)58-26-24-56-30-44(52)48-36-14-6-10-18-40(36)60-38-16-8-4-12-34(38)46-42(50)28-54-2/h3-22H,23-30H2,1-2H3,(H,45,49)(H,46,50)(H,47,51)(H,48,52). The zero-order chi connectivity index (χ0) is 42.4. The third-order valence-corrected chi connectivity index (χ3v) is 7.92. The van der Waals surface area contributed by atoms with Crippen molar-refractivity contribution in [2.24, 2.45) is 0 Å². The van der Waals surface area contributed by atoms with Gasteiger partial charge in [0.05, 0.1) is 36.0 Å². The Balaban J connectivity index is 0.961. The second-order valence-electron chi connectivity index (χ2n) is 12.5. The summed E-state index contributed by atoms with van der Waals surface area (Å²) in [6, 6.07) is 34.6. The SMILES string of the molecule is COCC(=O)Nc1ccccc1Oc1ccccc1NC(=O)COCCOc1ccc(OCCOCC(=O)Nc2ccccc2Oc2ccccc2NC(=O)COC)cc1. The van der Waals surface area contributed by atoms with E-state index in [0.717, 1.165) is 0 Å². The first kappa shape index (κ1) is 44.1. The molecule has 4 N–H and O–H groups in total. The van der Waals surface area contributed by atoms with E-state index in [1.807, 2.05) is 0 Å². The van der Waals surface area contributed by atoms with Gasteiger partial charge in [-0.3, -0.25) is 19.2 Å². The molecule has 0 atom stereocenters. The lowest BCUT2D eigenvalue weighted by Crippen LogP contribution is -2.20. The molecule has 5 aromatic rings. The molecule has 0 aliphatic rings. The van der Waals surface area contributed by atoms with Crippen LogP contribution in [-0.4, -0.2) is 90.7 Å². The Labute approximate surface area is 347 Å². The fraction of sp³-hybridized carbons (Fsp3) is 0.227. The van der Waals surface area contributed by atoms with Crippen LogP contribution < -0.4 is 40.2 Å². The summed E-state index contributed by atoms with van der Waals surface area (Å²) in [4.78, 5) is 49.4. The maximum Gasteiger partial charge on any atom is 0.250 e. The number of methoxy groups -OCH3 is 2. The largest absolute Gasteiger partial charge is 0.491 e. The molecule has 0 saturated carbocycles. The number of anilines is 4. The molecule has 5 aromatic carbocycles. The first-order chi connectivity index (χ1) is 29.3. The monoisotopic (exact) mass is 822 g/mol. The zero-order valence-corrected chi connectivity index (χ0v) is 33.1. The first-order valence-electron chi connectivity index (χ1n) is 18.7. The van der Waals surface area contributed by atoms with Crippen LogP contribution in [0.4, 0.5) is 22.7 Å². The van der Waals surface area contributed by atoms with E-state index in [9.17, 15) is 19.2 Å². The first-order valence-corrected chi connectivity index (χ1v) is 18.7. The number of para-hydroxylation sites is 8. The zero-order valence-electron chi connectivity index (χ0n) is 33.1. The van der Waals surface area contributed by atoms with E-state index in [2.05, 4.69) is 21.3 Å². The molecule has 0 aliphatic heterocycles. The minimum atomic E-state index is -0.390. The quantitative estimate of drug-likeness (QED) is 0.0495. The van der Waals surface area contributed by atoms with E-state index in [0.29, 0.717) is 57.2 Å². The Morgan fingerprint density at radius 2 is 0.667 bits per heavy atom. The van der Waals surface area contributed by atoms with Crippen molar-refractivity contribution in [3.05, 3.63) is 121 Å². The highest BCUT2D eigenvalue weighted by Crippen LogP contribution is 2.35. The fourth-order valence-electron chi connectivity index (χ4n) is 5.28. The number of hydrogen-bond acceptors (Lipinski definition) is 12. The normalized spacial score (nSPS) is 10.6. The van der Waals surface area contributed by atoms with Gasteiger partial charge in [-0.2, -0.15) is 0 Å². The molecule has 0 aliphatic carbocycles. The van der Waals surface area contributed by atoms with Gasteiger partial charge in [0.15, 0.2) is 23.0 Å². The molecule has 0 radical (unpaired) electrons. The molecule has 0 aromatic heterocycles. The van der Waals surface area contributed by atoms with Crippen molar-refractivity contribution in [2.45, 2.75) is 0 Å². The molecule has 60 heavy (non-hydrogen) atoms. The number of rotatable bonds is 24. The third-order valence-electron chi connectivity index (χ3n) is 7.92. The van der Waals surface area contributed by atoms with Crippen LogP contribution in [0.5, 0.6) is 34.5 Å². The van der Waals surface area contributed by atoms with Crippen LogP contribution in [0.2, 0.25) is 0 Å². The fourth-order valence-corrected chi connectivity index (χ4v) is 5.28. The van der Waals surface area contributed by atoms with Gasteiger partial charge in [0.1, 0.15) is 51.1 Å². The van der Waals surface area contributed by atoms with Crippen LogP contribution in [0.1, 0.15) is 0 Å². The van der Waals surface area contributed by atoms with Crippen LogP contribution >= 0.6 is 0 Å². The molecule has 0 heterocycles. The average molecular weight is 823 g/mol. The number of amides is 4. The number of hydrogen-bond donors (Lipinski definition) is 4. The minimum absolute atomic E-state index is 0.105. The van der Waals surface area contributed by atoms with Gasteiger partial charge in [0, 0.05) is 14.2 Å². The third kappa shape index (κ3) is 14.8. The van der Waals surface area contributed by atoms with Crippen LogP contribution in [0.25, 0.3) is 0 Å². The molecule has 0 fully saturated rings. The maximum atomic E-state index is 12.7. The second kappa shape index (κ2) is 24.1. The van der Waals surface area contributed by atoms with E-state index >= 15 is 0 Å². The maximum absolute atomic E-state index is 12.7. The van der Waals surface area contributed by atoms with Gasteiger partial charge in [-0.05, 0) is 72.8 Å². The number of carbonyl (C=O) groups is 4. The summed E-state index contributed by atoms with van der Waals surface area (Å²) in [5.41, 5.74) is 1.76. The van der Waals surface area contributed by atoms with Crippen molar-refractivity contribution in [3.63, 3.8) is 0 Å². The Bertz CT molecular complexity index is 2010. The highest BCUT2D eigenvalue weighted by Gasteiger charge is 2.14. The Hall–Kier alpha value is -6.98. The smallest absolute Gasteiger partial charge is 0.250 e. The van der Waals surface area contributed by atoms with E-state index in [-0.39, 0.29) is 76.5 Å². The van der Waals surface area contributed by atoms with Crippen molar-refractivity contribution in [2.75, 3.05) is 88.3 Å². The summed E-state index contributed by atoms with van der Waals surface area (Å²) in [6.07, 6.45) is 0. The topological polar surface area (TPSA) is 190 Å². The lowest BCUT2D eigenvalue weighted by Gasteiger charge is -2.15. The lowest BCUT2D eigenvalue weighted by molar-refractivity contribution is -0.121. The molecule has 0 spiro atoms. The minimum Gasteiger partial charge on any atom is -0.491 e.